The molecular weight excluding hydrogens is 294 g/mol. The van der Waals surface area contributed by atoms with Gasteiger partial charge in [0.25, 0.3) is 0 Å². The zero-order valence-corrected chi connectivity index (χ0v) is 12.4. The van der Waals surface area contributed by atoms with Gasteiger partial charge in [-0.3, -0.25) is 0 Å². The van der Waals surface area contributed by atoms with E-state index in [-0.39, 0.29) is 0 Å². The predicted octanol–water partition coefficient (Wildman–Crippen LogP) is 4.26. The topological polar surface area (TPSA) is 35.3 Å². The van der Waals surface area contributed by atoms with Crippen LogP contribution in [0.4, 0.5) is 0 Å². The van der Waals surface area contributed by atoms with Crippen LogP contribution in [0.1, 0.15) is 23.9 Å². The summed E-state index contributed by atoms with van der Waals surface area (Å²) in [5.41, 5.74) is 3.02. The maximum Gasteiger partial charge on any atom is 0.226 e. The smallest absolute Gasteiger partial charge is 0.226 e. The fourth-order valence-electron chi connectivity index (χ4n) is 1.74. The molecule has 1 aromatic heterocycles. The van der Waals surface area contributed by atoms with Crippen LogP contribution >= 0.6 is 15.9 Å². The van der Waals surface area contributed by atoms with Crippen LogP contribution in [0.25, 0.3) is 11.5 Å². The summed E-state index contributed by atoms with van der Waals surface area (Å²) in [6.07, 6.45) is 0. The minimum atomic E-state index is 0.501. The molecule has 96 valence electrons. The van der Waals surface area contributed by atoms with E-state index in [1.54, 1.807) is 0 Å². The SMILES string of the molecule is CCOCc1nc(-c2ccc(Br)cc2C)oc1C. The third-order valence-corrected chi connectivity index (χ3v) is 3.25. The molecule has 0 N–H and O–H groups in total. The lowest BCUT2D eigenvalue weighted by Gasteiger charge is -2.01. The molecule has 0 spiro atoms. The van der Waals surface area contributed by atoms with Gasteiger partial charge >= 0.3 is 0 Å². The van der Waals surface area contributed by atoms with Crippen molar-refractivity contribution in [2.75, 3.05) is 6.61 Å². The molecule has 0 unspecified atom stereocenters. The van der Waals surface area contributed by atoms with E-state index in [4.69, 9.17) is 9.15 Å². The Morgan fingerprint density at radius 2 is 2.11 bits per heavy atom. The number of ether oxygens (including phenoxy) is 1. The number of aryl methyl sites for hydroxylation is 2. The zero-order valence-electron chi connectivity index (χ0n) is 10.8. The fourth-order valence-corrected chi connectivity index (χ4v) is 2.22. The Bertz CT molecular complexity index is 549. The Morgan fingerprint density at radius 1 is 1.33 bits per heavy atom. The largest absolute Gasteiger partial charge is 0.441 e. The molecular formula is C14H16BrNO2. The number of benzene rings is 1. The average Bonchev–Trinajstić information content (AvgIpc) is 2.68. The van der Waals surface area contributed by atoms with Gasteiger partial charge < -0.3 is 9.15 Å². The van der Waals surface area contributed by atoms with E-state index in [1.165, 1.54) is 0 Å². The molecule has 0 atom stereocenters. The first-order valence-corrected chi connectivity index (χ1v) is 6.71. The van der Waals surface area contributed by atoms with Crippen molar-refractivity contribution in [3.63, 3.8) is 0 Å². The third kappa shape index (κ3) is 2.82. The second-order valence-electron chi connectivity index (χ2n) is 4.12. The Morgan fingerprint density at radius 3 is 2.78 bits per heavy atom. The van der Waals surface area contributed by atoms with Gasteiger partial charge in [0.1, 0.15) is 11.5 Å². The Balaban J connectivity index is 2.33. The first kappa shape index (κ1) is 13.3. The molecule has 0 saturated heterocycles. The molecule has 0 saturated carbocycles. The molecule has 0 amide bonds. The highest BCUT2D eigenvalue weighted by atomic mass is 79.9. The lowest BCUT2D eigenvalue weighted by Crippen LogP contribution is -1.94. The van der Waals surface area contributed by atoms with Crippen molar-refractivity contribution in [1.29, 1.82) is 0 Å². The van der Waals surface area contributed by atoms with Crippen molar-refractivity contribution in [3.8, 4) is 11.5 Å². The van der Waals surface area contributed by atoms with Gasteiger partial charge in [0.2, 0.25) is 5.89 Å². The van der Waals surface area contributed by atoms with Gasteiger partial charge in [-0.1, -0.05) is 15.9 Å². The number of rotatable bonds is 4. The van der Waals surface area contributed by atoms with Crippen LogP contribution in [-0.4, -0.2) is 11.6 Å². The van der Waals surface area contributed by atoms with Crippen LogP contribution < -0.4 is 0 Å². The summed E-state index contributed by atoms with van der Waals surface area (Å²) < 4.78 is 12.1. The van der Waals surface area contributed by atoms with Gasteiger partial charge in [0.05, 0.1) is 6.61 Å². The van der Waals surface area contributed by atoms with Crippen LogP contribution in [0.2, 0.25) is 0 Å². The first-order valence-electron chi connectivity index (χ1n) is 5.92. The summed E-state index contributed by atoms with van der Waals surface area (Å²) in [5, 5.41) is 0. The highest BCUT2D eigenvalue weighted by Gasteiger charge is 2.13. The Hall–Kier alpha value is -1.13. The van der Waals surface area contributed by atoms with Crippen molar-refractivity contribution in [2.45, 2.75) is 27.4 Å². The standard InChI is InChI=1S/C14H16BrNO2/c1-4-17-8-13-10(3)18-14(16-13)12-6-5-11(15)7-9(12)2/h5-7H,4,8H2,1-3H3. The van der Waals surface area contributed by atoms with Crippen molar-refractivity contribution < 1.29 is 9.15 Å². The average molecular weight is 310 g/mol. The van der Waals surface area contributed by atoms with E-state index < -0.39 is 0 Å². The van der Waals surface area contributed by atoms with Crippen LogP contribution in [-0.2, 0) is 11.3 Å². The van der Waals surface area contributed by atoms with Crippen LogP contribution in [0.15, 0.2) is 27.1 Å². The Kier molecular flexibility index (Phi) is 4.19. The van der Waals surface area contributed by atoms with E-state index in [1.807, 2.05) is 32.9 Å². The summed E-state index contributed by atoms with van der Waals surface area (Å²) in [5.74, 6) is 1.48. The highest BCUT2D eigenvalue weighted by molar-refractivity contribution is 9.10. The van der Waals surface area contributed by atoms with E-state index in [9.17, 15) is 0 Å². The third-order valence-electron chi connectivity index (χ3n) is 2.75. The number of nitrogens with zero attached hydrogens (tertiary/aromatic N) is 1. The number of halogens is 1. The predicted molar refractivity (Wildman–Crippen MR) is 74.4 cm³/mol. The second-order valence-corrected chi connectivity index (χ2v) is 5.03. The molecule has 0 fully saturated rings. The molecule has 0 bridgehead atoms. The van der Waals surface area contributed by atoms with E-state index >= 15 is 0 Å². The monoisotopic (exact) mass is 309 g/mol. The molecule has 0 aliphatic rings. The molecule has 0 radical (unpaired) electrons. The van der Waals surface area contributed by atoms with Gasteiger partial charge in [-0.2, -0.15) is 0 Å². The second kappa shape index (κ2) is 5.67. The van der Waals surface area contributed by atoms with E-state index in [0.29, 0.717) is 19.1 Å². The van der Waals surface area contributed by atoms with Gasteiger partial charge in [-0.25, -0.2) is 4.98 Å². The van der Waals surface area contributed by atoms with Crippen LogP contribution in [0.3, 0.4) is 0 Å². The van der Waals surface area contributed by atoms with Crippen LogP contribution in [0, 0.1) is 13.8 Å². The summed E-state index contributed by atoms with van der Waals surface area (Å²) in [6.45, 7) is 7.11. The van der Waals surface area contributed by atoms with Crippen molar-refractivity contribution in [3.05, 3.63) is 39.7 Å². The van der Waals surface area contributed by atoms with E-state index in [2.05, 4.69) is 27.0 Å². The molecule has 1 heterocycles. The molecule has 1 aromatic carbocycles. The Labute approximate surface area is 115 Å². The van der Waals surface area contributed by atoms with Crippen molar-refractivity contribution >= 4 is 15.9 Å². The lowest BCUT2D eigenvalue weighted by atomic mass is 10.1. The number of hydrogen-bond donors (Lipinski definition) is 0. The first-order chi connectivity index (χ1) is 8.61. The maximum absolute atomic E-state index is 5.71. The summed E-state index contributed by atoms with van der Waals surface area (Å²) in [7, 11) is 0. The van der Waals surface area contributed by atoms with Gasteiger partial charge in [0.15, 0.2) is 0 Å². The minimum absolute atomic E-state index is 0.501. The fraction of sp³-hybridized carbons (Fsp3) is 0.357. The van der Waals surface area contributed by atoms with Crippen molar-refractivity contribution in [2.24, 2.45) is 0 Å². The number of aromatic nitrogens is 1. The quantitative estimate of drug-likeness (QED) is 0.846. The lowest BCUT2D eigenvalue weighted by molar-refractivity contribution is 0.130. The molecule has 3 nitrogen and oxygen atoms in total. The number of hydrogen-bond acceptors (Lipinski definition) is 3. The molecule has 4 heteroatoms. The minimum Gasteiger partial charge on any atom is -0.441 e. The summed E-state index contributed by atoms with van der Waals surface area (Å²) >= 11 is 3.45. The van der Waals surface area contributed by atoms with E-state index in [0.717, 1.165) is 27.1 Å². The molecule has 18 heavy (non-hydrogen) atoms. The van der Waals surface area contributed by atoms with Gasteiger partial charge in [-0.05, 0) is 44.5 Å². The molecule has 2 aromatic rings. The van der Waals surface area contributed by atoms with Crippen molar-refractivity contribution in [1.82, 2.24) is 4.98 Å². The van der Waals surface area contributed by atoms with Gasteiger partial charge in [-0.15, -0.1) is 0 Å². The zero-order chi connectivity index (χ0) is 13.1. The summed E-state index contributed by atoms with van der Waals surface area (Å²) in [6, 6.07) is 6.05. The van der Waals surface area contributed by atoms with Crippen LogP contribution in [0.5, 0.6) is 0 Å². The summed E-state index contributed by atoms with van der Waals surface area (Å²) in [4.78, 5) is 4.50. The van der Waals surface area contributed by atoms with Gasteiger partial charge in [0, 0.05) is 16.6 Å². The normalized spacial score (nSPS) is 10.9. The molecule has 0 aliphatic heterocycles. The molecule has 0 aliphatic carbocycles. The highest BCUT2D eigenvalue weighted by Crippen LogP contribution is 2.27. The maximum atomic E-state index is 5.71. The number of oxazole rings is 1. The molecule has 2 rings (SSSR count).